The van der Waals surface area contributed by atoms with Gasteiger partial charge in [-0.05, 0) is 31.1 Å². The summed E-state index contributed by atoms with van der Waals surface area (Å²) < 4.78 is 5.98. The Bertz CT molecular complexity index is 154. The van der Waals surface area contributed by atoms with Gasteiger partial charge in [-0.3, -0.25) is 0 Å². The Hall–Kier alpha value is -0.0800. The van der Waals surface area contributed by atoms with Crippen LogP contribution in [-0.2, 0) is 4.74 Å². The van der Waals surface area contributed by atoms with Crippen molar-refractivity contribution in [1.29, 1.82) is 0 Å². The van der Waals surface area contributed by atoms with Crippen LogP contribution in [0.1, 0.15) is 60.3 Å². The molecule has 0 aliphatic rings. The van der Waals surface area contributed by atoms with E-state index in [1.807, 2.05) is 0 Å². The normalized spacial score (nSPS) is 13.2. The van der Waals surface area contributed by atoms with Crippen molar-refractivity contribution >= 4 is 0 Å². The van der Waals surface area contributed by atoms with Gasteiger partial charge in [0.2, 0.25) is 0 Å². The molecule has 0 amide bonds. The SMILES string of the molecule is CCC(CC)(CCO)OCCC(C)(C)C. The smallest absolute Gasteiger partial charge is 0.0699 e. The molecule has 0 aliphatic heterocycles. The lowest BCUT2D eigenvalue weighted by Gasteiger charge is -2.32. The fourth-order valence-electron chi connectivity index (χ4n) is 1.66. The summed E-state index contributed by atoms with van der Waals surface area (Å²) in [6.45, 7) is 12.0. The lowest BCUT2D eigenvalue weighted by Crippen LogP contribution is -2.33. The first-order valence-corrected chi connectivity index (χ1v) is 6.14. The van der Waals surface area contributed by atoms with Crippen molar-refractivity contribution < 1.29 is 9.84 Å². The van der Waals surface area contributed by atoms with Crippen LogP contribution in [0.3, 0.4) is 0 Å². The monoisotopic (exact) mass is 216 g/mol. The van der Waals surface area contributed by atoms with Crippen molar-refractivity contribution in [1.82, 2.24) is 0 Å². The Morgan fingerprint density at radius 2 is 1.53 bits per heavy atom. The molecular weight excluding hydrogens is 188 g/mol. The lowest BCUT2D eigenvalue weighted by atomic mass is 9.91. The van der Waals surface area contributed by atoms with E-state index in [1.54, 1.807) is 0 Å². The van der Waals surface area contributed by atoms with Gasteiger partial charge in [0.15, 0.2) is 0 Å². The maximum atomic E-state index is 9.04. The number of rotatable bonds is 7. The van der Waals surface area contributed by atoms with Gasteiger partial charge in [0.1, 0.15) is 0 Å². The summed E-state index contributed by atoms with van der Waals surface area (Å²) in [4.78, 5) is 0. The minimum atomic E-state index is -0.0972. The second-order valence-corrected chi connectivity index (χ2v) is 5.52. The van der Waals surface area contributed by atoms with Gasteiger partial charge in [-0.2, -0.15) is 0 Å². The lowest BCUT2D eigenvalue weighted by molar-refractivity contribution is -0.0722. The van der Waals surface area contributed by atoms with Crippen LogP contribution < -0.4 is 0 Å². The minimum Gasteiger partial charge on any atom is -0.396 e. The highest BCUT2D eigenvalue weighted by atomic mass is 16.5. The van der Waals surface area contributed by atoms with Crippen LogP contribution in [-0.4, -0.2) is 23.9 Å². The summed E-state index contributed by atoms with van der Waals surface area (Å²) in [5, 5.41) is 9.04. The summed E-state index contributed by atoms with van der Waals surface area (Å²) in [5.74, 6) is 0. The van der Waals surface area contributed by atoms with Gasteiger partial charge >= 0.3 is 0 Å². The van der Waals surface area contributed by atoms with Crippen LogP contribution in [0, 0.1) is 5.41 Å². The highest BCUT2D eigenvalue weighted by Crippen LogP contribution is 2.27. The fourth-order valence-corrected chi connectivity index (χ4v) is 1.66. The third-order valence-corrected chi connectivity index (χ3v) is 3.12. The first kappa shape index (κ1) is 14.9. The van der Waals surface area contributed by atoms with Crippen LogP contribution >= 0.6 is 0 Å². The fraction of sp³-hybridized carbons (Fsp3) is 1.00. The molecule has 0 spiro atoms. The molecule has 2 nitrogen and oxygen atoms in total. The molecule has 0 unspecified atom stereocenters. The van der Waals surface area contributed by atoms with E-state index in [-0.39, 0.29) is 12.2 Å². The molecule has 0 aromatic carbocycles. The first-order chi connectivity index (χ1) is 6.89. The Balaban J connectivity index is 4.06. The van der Waals surface area contributed by atoms with E-state index in [9.17, 15) is 0 Å². The molecule has 0 aromatic rings. The zero-order valence-corrected chi connectivity index (χ0v) is 11.1. The average Bonchev–Trinajstić information content (AvgIpc) is 2.14. The number of aliphatic hydroxyl groups is 1. The van der Waals surface area contributed by atoms with Crippen molar-refractivity contribution in [2.24, 2.45) is 5.41 Å². The molecule has 0 heterocycles. The maximum Gasteiger partial charge on any atom is 0.0699 e. The Morgan fingerprint density at radius 1 is 1.00 bits per heavy atom. The summed E-state index contributed by atoms with van der Waals surface area (Å²) in [5.41, 5.74) is 0.229. The number of aliphatic hydroxyl groups excluding tert-OH is 1. The number of ether oxygens (including phenoxy) is 1. The zero-order valence-electron chi connectivity index (χ0n) is 11.1. The molecule has 0 aromatic heterocycles. The van der Waals surface area contributed by atoms with Crippen LogP contribution in [0.15, 0.2) is 0 Å². The second-order valence-electron chi connectivity index (χ2n) is 5.52. The highest BCUT2D eigenvalue weighted by Gasteiger charge is 2.26. The summed E-state index contributed by atoms with van der Waals surface area (Å²) >= 11 is 0. The molecule has 0 bridgehead atoms. The third-order valence-electron chi connectivity index (χ3n) is 3.12. The van der Waals surface area contributed by atoms with Gasteiger partial charge in [0.05, 0.1) is 5.60 Å². The Labute approximate surface area is 95.0 Å². The predicted molar refractivity (Wildman–Crippen MR) is 65.0 cm³/mol. The number of hydrogen-bond donors (Lipinski definition) is 1. The van der Waals surface area contributed by atoms with Gasteiger partial charge in [0, 0.05) is 13.2 Å². The van der Waals surface area contributed by atoms with Crippen LogP contribution in [0.25, 0.3) is 0 Å². The highest BCUT2D eigenvalue weighted by molar-refractivity contribution is 4.77. The molecule has 0 saturated carbocycles. The van der Waals surface area contributed by atoms with E-state index in [1.165, 1.54) is 0 Å². The van der Waals surface area contributed by atoms with Crippen molar-refractivity contribution in [3.63, 3.8) is 0 Å². The van der Waals surface area contributed by atoms with Gasteiger partial charge in [-0.15, -0.1) is 0 Å². The van der Waals surface area contributed by atoms with E-state index >= 15 is 0 Å². The van der Waals surface area contributed by atoms with Crippen molar-refractivity contribution in [2.45, 2.75) is 65.9 Å². The van der Waals surface area contributed by atoms with E-state index in [4.69, 9.17) is 9.84 Å². The molecule has 0 radical (unpaired) electrons. The number of hydrogen-bond acceptors (Lipinski definition) is 2. The van der Waals surface area contributed by atoms with Gasteiger partial charge < -0.3 is 9.84 Å². The third kappa shape index (κ3) is 6.16. The van der Waals surface area contributed by atoms with Gasteiger partial charge in [-0.25, -0.2) is 0 Å². The molecule has 92 valence electrons. The van der Waals surface area contributed by atoms with E-state index in [2.05, 4.69) is 34.6 Å². The molecule has 0 aliphatic carbocycles. The Kier molecular flexibility index (Phi) is 6.46. The van der Waals surface area contributed by atoms with E-state index in [0.717, 1.165) is 32.3 Å². The quantitative estimate of drug-likeness (QED) is 0.707. The summed E-state index contributed by atoms with van der Waals surface area (Å²) in [7, 11) is 0. The van der Waals surface area contributed by atoms with Gasteiger partial charge in [-0.1, -0.05) is 34.6 Å². The molecule has 0 fully saturated rings. The molecule has 0 atom stereocenters. The standard InChI is InChI=1S/C13H28O2/c1-6-13(7-2,8-10-14)15-11-9-12(3,4)5/h14H,6-11H2,1-5H3. The van der Waals surface area contributed by atoms with Crippen LogP contribution in [0.2, 0.25) is 0 Å². The second kappa shape index (κ2) is 6.49. The summed E-state index contributed by atoms with van der Waals surface area (Å²) in [6, 6.07) is 0. The molecular formula is C13H28O2. The molecule has 2 heteroatoms. The molecule has 1 N–H and O–H groups in total. The minimum absolute atomic E-state index is 0.0972. The molecule has 0 rings (SSSR count). The van der Waals surface area contributed by atoms with Crippen molar-refractivity contribution in [3.8, 4) is 0 Å². The molecule has 15 heavy (non-hydrogen) atoms. The van der Waals surface area contributed by atoms with Crippen LogP contribution in [0.4, 0.5) is 0 Å². The van der Waals surface area contributed by atoms with E-state index in [0.29, 0.717) is 5.41 Å². The van der Waals surface area contributed by atoms with Crippen molar-refractivity contribution in [3.05, 3.63) is 0 Å². The Morgan fingerprint density at radius 3 is 1.87 bits per heavy atom. The van der Waals surface area contributed by atoms with Crippen molar-refractivity contribution in [2.75, 3.05) is 13.2 Å². The largest absolute Gasteiger partial charge is 0.396 e. The predicted octanol–water partition coefficient (Wildman–Crippen LogP) is 3.38. The zero-order chi connectivity index (χ0) is 11.9. The van der Waals surface area contributed by atoms with Gasteiger partial charge in [0.25, 0.3) is 0 Å². The molecule has 0 saturated heterocycles. The average molecular weight is 216 g/mol. The first-order valence-electron chi connectivity index (χ1n) is 6.14. The van der Waals surface area contributed by atoms with E-state index < -0.39 is 0 Å². The van der Waals surface area contributed by atoms with Crippen LogP contribution in [0.5, 0.6) is 0 Å². The maximum absolute atomic E-state index is 9.04. The summed E-state index contributed by atoms with van der Waals surface area (Å²) in [6.07, 6.45) is 3.78. The topological polar surface area (TPSA) is 29.5 Å².